The maximum absolute atomic E-state index is 12.7. The van der Waals surface area contributed by atoms with Crippen LogP contribution < -0.4 is 0 Å². The number of carboxylic acid groups (broad SMARTS) is 1. The van der Waals surface area contributed by atoms with E-state index in [-0.39, 0.29) is 13.0 Å². The lowest BCUT2D eigenvalue weighted by atomic mass is 10.2. The highest BCUT2D eigenvalue weighted by molar-refractivity contribution is 5.86. The van der Waals surface area contributed by atoms with E-state index in [9.17, 15) is 18.0 Å². The molecule has 1 aromatic heterocycles. The molecule has 9 heteroatoms. The summed E-state index contributed by atoms with van der Waals surface area (Å²) in [6, 6.07) is -0.794. The normalized spacial score (nSPS) is 13.7. The molecule has 0 aromatic carbocycles. The molecule has 0 spiro atoms. The lowest BCUT2D eigenvalue weighted by Crippen LogP contribution is -2.21. The Morgan fingerprint density at radius 2 is 2.12 bits per heavy atom. The predicted molar refractivity (Wildman–Crippen MR) is 48.4 cm³/mol. The lowest BCUT2D eigenvalue weighted by Gasteiger charge is -2.15. The van der Waals surface area contributed by atoms with Crippen LogP contribution in [0.5, 0.6) is 0 Å². The summed E-state index contributed by atoms with van der Waals surface area (Å²) in [6.45, 7) is 1.05. The second-order valence-corrected chi connectivity index (χ2v) is 3.40. The summed E-state index contributed by atoms with van der Waals surface area (Å²) in [5.74, 6) is -1.79. The number of aliphatic hydroxyl groups is 1. The van der Waals surface area contributed by atoms with Crippen molar-refractivity contribution in [3.63, 3.8) is 0 Å². The number of carboxylic acids is 1. The molecule has 0 aliphatic rings. The maximum Gasteiger partial charge on any atom is 0.435 e. The van der Waals surface area contributed by atoms with Gasteiger partial charge in [0.1, 0.15) is 0 Å². The molecule has 17 heavy (non-hydrogen) atoms. The Morgan fingerprint density at radius 3 is 2.53 bits per heavy atom. The van der Waals surface area contributed by atoms with Crippen LogP contribution in [-0.4, -0.2) is 37.8 Å². The van der Waals surface area contributed by atoms with Crippen molar-refractivity contribution in [2.75, 3.05) is 6.61 Å². The van der Waals surface area contributed by atoms with Crippen molar-refractivity contribution in [3.8, 4) is 0 Å². The van der Waals surface area contributed by atoms with E-state index in [0.29, 0.717) is 4.68 Å². The van der Waals surface area contributed by atoms with Crippen LogP contribution in [0.15, 0.2) is 0 Å². The molecule has 0 aliphatic heterocycles. The molecule has 0 amide bonds. The average Bonchev–Trinajstić information content (AvgIpc) is 2.61. The summed E-state index contributed by atoms with van der Waals surface area (Å²) < 4.78 is 38.5. The van der Waals surface area contributed by atoms with Gasteiger partial charge < -0.3 is 10.2 Å². The summed E-state index contributed by atoms with van der Waals surface area (Å²) in [4.78, 5) is 10.6. The summed E-state index contributed by atoms with van der Waals surface area (Å²) in [7, 11) is 0. The molecule has 2 N–H and O–H groups in total. The van der Waals surface area contributed by atoms with Crippen LogP contribution in [0.1, 0.15) is 35.6 Å². The number of hydrogen-bond donors (Lipinski definition) is 2. The molecular weight excluding hydrogens is 243 g/mol. The third-order valence-corrected chi connectivity index (χ3v) is 2.13. The highest BCUT2D eigenvalue weighted by atomic mass is 19.4. The van der Waals surface area contributed by atoms with Crippen LogP contribution in [0.2, 0.25) is 0 Å². The predicted octanol–water partition coefficient (Wildman–Crippen LogP) is 0.939. The van der Waals surface area contributed by atoms with Gasteiger partial charge in [-0.1, -0.05) is 5.21 Å². The molecule has 0 saturated carbocycles. The molecule has 6 nitrogen and oxygen atoms in total. The quantitative estimate of drug-likeness (QED) is 0.833. The zero-order valence-electron chi connectivity index (χ0n) is 8.77. The maximum atomic E-state index is 12.7. The zero-order valence-corrected chi connectivity index (χ0v) is 8.77. The standard InChI is InChI=1S/C8H10F3N3O3/c1-4(2-3-15)14-6(8(9,10)11)5(7(16)17)12-13-14/h4,15H,2-3H2,1H3,(H,16,17). The second kappa shape index (κ2) is 4.70. The number of halogens is 3. The average molecular weight is 253 g/mol. The molecule has 0 aliphatic carbocycles. The van der Waals surface area contributed by atoms with Crippen molar-refractivity contribution in [1.82, 2.24) is 15.0 Å². The van der Waals surface area contributed by atoms with Crippen LogP contribution in [0.3, 0.4) is 0 Å². The molecule has 0 radical (unpaired) electrons. The number of carbonyl (C=O) groups is 1. The van der Waals surface area contributed by atoms with Gasteiger partial charge in [0.15, 0.2) is 5.69 Å². The molecule has 1 heterocycles. The van der Waals surface area contributed by atoms with Crippen molar-refractivity contribution in [3.05, 3.63) is 11.4 Å². The molecule has 0 bridgehead atoms. The summed E-state index contributed by atoms with van der Waals surface area (Å²) in [5.41, 5.74) is -2.55. The number of aliphatic hydroxyl groups excluding tert-OH is 1. The molecule has 1 unspecified atom stereocenters. The minimum absolute atomic E-state index is 0.0193. The Morgan fingerprint density at radius 1 is 1.53 bits per heavy atom. The molecular formula is C8H10F3N3O3. The fourth-order valence-electron chi connectivity index (χ4n) is 1.32. The smallest absolute Gasteiger partial charge is 0.435 e. The van der Waals surface area contributed by atoms with E-state index in [1.165, 1.54) is 6.92 Å². The minimum atomic E-state index is -4.86. The Labute approximate surface area is 93.7 Å². The summed E-state index contributed by atoms with van der Waals surface area (Å²) in [5, 5.41) is 23.4. The Kier molecular flexibility index (Phi) is 3.71. The van der Waals surface area contributed by atoms with Gasteiger partial charge in [-0.25, -0.2) is 9.48 Å². The molecule has 0 fully saturated rings. The van der Waals surface area contributed by atoms with E-state index in [0.717, 1.165) is 0 Å². The lowest BCUT2D eigenvalue weighted by molar-refractivity contribution is -0.145. The van der Waals surface area contributed by atoms with E-state index in [1.54, 1.807) is 0 Å². The van der Waals surface area contributed by atoms with Crippen molar-refractivity contribution in [1.29, 1.82) is 0 Å². The molecule has 1 atom stereocenters. The van der Waals surface area contributed by atoms with Gasteiger partial charge in [-0.2, -0.15) is 13.2 Å². The first-order valence-corrected chi connectivity index (χ1v) is 4.65. The fourth-order valence-corrected chi connectivity index (χ4v) is 1.32. The van der Waals surface area contributed by atoms with Crippen LogP contribution in [-0.2, 0) is 6.18 Å². The van der Waals surface area contributed by atoms with Gasteiger partial charge in [-0.15, -0.1) is 5.10 Å². The first-order chi connectivity index (χ1) is 7.79. The third kappa shape index (κ3) is 2.73. The monoisotopic (exact) mass is 253 g/mol. The van der Waals surface area contributed by atoms with Gasteiger partial charge >= 0.3 is 12.1 Å². The van der Waals surface area contributed by atoms with Gasteiger partial charge in [0, 0.05) is 6.61 Å². The van der Waals surface area contributed by atoms with Gasteiger partial charge in [0.2, 0.25) is 5.69 Å². The van der Waals surface area contributed by atoms with Gasteiger partial charge in [-0.3, -0.25) is 0 Å². The molecule has 1 aromatic rings. The highest BCUT2D eigenvalue weighted by Crippen LogP contribution is 2.33. The van der Waals surface area contributed by atoms with E-state index < -0.39 is 29.6 Å². The third-order valence-electron chi connectivity index (χ3n) is 2.13. The molecule has 96 valence electrons. The van der Waals surface area contributed by atoms with Crippen LogP contribution in [0.4, 0.5) is 13.2 Å². The SMILES string of the molecule is CC(CCO)n1nnc(C(=O)O)c1C(F)(F)F. The Balaban J connectivity index is 3.28. The first-order valence-electron chi connectivity index (χ1n) is 4.65. The van der Waals surface area contributed by atoms with Crippen LogP contribution in [0.25, 0.3) is 0 Å². The van der Waals surface area contributed by atoms with Crippen molar-refractivity contribution >= 4 is 5.97 Å². The number of hydrogen-bond acceptors (Lipinski definition) is 4. The van der Waals surface area contributed by atoms with E-state index >= 15 is 0 Å². The van der Waals surface area contributed by atoms with Gasteiger partial charge in [0.05, 0.1) is 6.04 Å². The second-order valence-electron chi connectivity index (χ2n) is 3.40. The number of aromatic carboxylic acids is 1. The van der Waals surface area contributed by atoms with Crippen molar-refractivity contribution in [2.45, 2.75) is 25.6 Å². The minimum Gasteiger partial charge on any atom is -0.476 e. The zero-order chi connectivity index (χ0) is 13.2. The number of rotatable bonds is 4. The van der Waals surface area contributed by atoms with Crippen molar-refractivity contribution in [2.24, 2.45) is 0 Å². The van der Waals surface area contributed by atoms with E-state index in [4.69, 9.17) is 10.2 Å². The van der Waals surface area contributed by atoms with E-state index in [1.807, 2.05) is 0 Å². The first kappa shape index (κ1) is 13.4. The van der Waals surface area contributed by atoms with Crippen LogP contribution in [0, 0.1) is 0 Å². The van der Waals surface area contributed by atoms with Crippen molar-refractivity contribution < 1.29 is 28.2 Å². The van der Waals surface area contributed by atoms with Crippen LogP contribution >= 0.6 is 0 Å². The van der Waals surface area contributed by atoms with E-state index in [2.05, 4.69) is 10.3 Å². The molecule has 0 saturated heterocycles. The number of alkyl halides is 3. The summed E-state index contributed by atoms with van der Waals surface area (Å²) >= 11 is 0. The largest absolute Gasteiger partial charge is 0.476 e. The number of aromatic nitrogens is 3. The van der Waals surface area contributed by atoms with Gasteiger partial charge in [0.25, 0.3) is 0 Å². The Bertz CT molecular complexity index is 416. The summed E-state index contributed by atoms with van der Waals surface area (Å²) in [6.07, 6.45) is -4.84. The Hall–Kier alpha value is -1.64. The van der Waals surface area contributed by atoms with Gasteiger partial charge in [-0.05, 0) is 13.3 Å². The molecule has 1 rings (SSSR count). The fraction of sp³-hybridized carbons (Fsp3) is 0.625. The number of nitrogens with zero attached hydrogens (tertiary/aromatic N) is 3. The highest BCUT2D eigenvalue weighted by Gasteiger charge is 2.42. The topological polar surface area (TPSA) is 88.2 Å².